The molecule has 0 unspecified atom stereocenters. The third-order valence-corrected chi connectivity index (χ3v) is 0.768. The SMILES string of the molecule is CC(C)(C)CNS. The van der Waals surface area contributed by atoms with Gasteiger partial charge in [0.1, 0.15) is 0 Å². The summed E-state index contributed by atoms with van der Waals surface area (Å²) in [6.07, 6.45) is 0. The molecule has 0 atom stereocenters. The van der Waals surface area contributed by atoms with Gasteiger partial charge in [0.05, 0.1) is 0 Å². The van der Waals surface area contributed by atoms with Crippen molar-refractivity contribution in [2.45, 2.75) is 20.8 Å². The molecule has 0 aromatic rings. The molecule has 0 radical (unpaired) electrons. The van der Waals surface area contributed by atoms with Crippen molar-refractivity contribution in [1.29, 1.82) is 0 Å². The van der Waals surface area contributed by atoms with Crippen LogP contribution in [0.25, 0.3) is 0 Å². The number of hydrogen-bond donors (Lipinski definition) is 2. The fraction of sp³-hybridized carbons (Fsp3) is 1.00. The zero-order valence-corrected chi connectivity index (χ0v) is 6.05. The molecule has 0 aliphatic carbocycles. The van der Waals surface area contributed by atoms with Gasteiger partial charge < -0.3 is 0 Å². The van der Waals surface area contributed by atoms with Gasteiger partial charge in [0.25, 0.3) is 0 Å². The molecule has 2 heteroatoms. The molecular formula is C5H13NS. The highest BCUT2D eigenvalue weighted by molar-refractivity contribution is 7.78. The Morgan fingerprint density at radius 3 is 1.86 bits per heavy atom. The maximum absolute atomic E-state index is 3.86. The lowest BCUT2D eigenvalue weighted by molar-refractivity contribution is 0.416. The third-order valence-electron chi connectivity index (χ3n) is 0.609. The zero-order valence-electron chi connectivity index (χ0n) is 5.15. The average molecular weight is 119 g/mol. The smallest absolute Gasteiger partial charge is 0.0105 e. The molecule has 0 aliphatic rings. The van der Waals surface area contributed by atoms with Crippen LogP contribution in [0.1, 0.15) is 20.8 Å². The van der Waals surface area contributed by atoms with E-state index in [4.69, 9.17) is 0 Å². The predicted octanol–water partition coefficient (Wildman–Crippen LogP) is 1.47. The molecule has 0 heterocycles. The molecule has 0 aliphatic heterocycles. The van der Waals surface area contributed by atoms with E-state index in [-0.39, 0.29) is 0 Å². The van der Waals surface area contributed by atoms with Gasteiger partial charge in [-0.3, -0.25) is 4.72 Å². The molecule has 0 aromatic heterocycles. The van der Waals surface area contributed by atoms with Crippen LogP contribution in [0.4, 0.5) is 0 Å². The summed E-state index contributed by atoms with van der Waals surface area (Å²) >= 11 is 3.86. The summed E-state index contributed by atoms with van der Waals surface area (Å²) in [5.41, 5.74) is 0.363. The van der Waals surface area contributed by atoms with E-state index in [1.807, 2.05) is 0 Å². The second-order valence-corrected chi connectivity index (χ2v) is 3.21. The third kappa shape index (κ3) is 6.31. The van der Waals surface area contributed by atoms with Crippen molar-refractivity contribution in [3.8, 4) is 0 Å². The first-order valence-corrected chi connectivity index (χ1v) is 2.88. The standard InChI is InChI=1S/C5H13NS/c1-5(2,3)4-6-7/h6-7H,4H2,1-3H3. The monoisotopic (exact) mass is 119 g/mol. The van der Waals surface area contributed by atoms with Gasteiger partial charge in [-0.25, -0.2) is 0 Å². The minimum atomic E-state index is 0.363. The van der Waals surface area contributed by atoms with Crippen LogP contribution in [0, 0.1) is 5.41 Å². The van der Waals surface area contributed by atoms with Crippen molar-refractivity contribution in [3.05, 3.63) is 0 Å². The Bertz CT molecular complexity index is 46.5. The summed E-state index contributed by atoms with van der Waals surface area (Å²) in [4.78, 5) is 0. The summed E-state index contributed by atoms with van der Waals surface area (Å²) in [6.45, 7) is 7.44. The molecule has 0 spiro atoms. The topological polar surface area (TPSA) is 12.0 Å². The van der Waals surface area contributed by atoms with E-state index in [0.29, 0.717) is 5.41 Å². The Morgan fingerprint density at radius 2 is 1.86 bits per heavy atom. The maximum atomic E-state index is 3.86. The molecule has 0 saturated carbocycles. The largest absolute Gasteiger partial charge is 0.266 e. The fourth-order valence-electron chi connectivity index (χ4n) is 0.237. The molecule has 1 nitrogen and oxygen atoms in total. The van der Waals surface area contributed by atoms with E-state index >= 15 is 0 Å². The highest BCUT2D eigenvalue weighted by atomic mass is 32.1. The minimum Gasteiger partial charge on any atom is -0.266 e. The van der Waals surface area contributed by atoms with E-state index in [1.165, 1.54) is 0 Å². The molecule has 7 heavy (non-hydrogen) atoms. The summed E-state index contributed by atoms with van der Waals surface area (Å²) in [6, 6.07) is 0. The molecule has 0 bridgehead atoms. The predicted molar refractivity (Wildman–Crippen MR) is 36.4 cm³/mol. The van der Waals surface area contributed by atoms with Crippen LogP contribution < -0.4 is 4.72 Å². The quantitative estimate of drug-likeness (QED) is 0.498. The summed E-state index contributed by atoms with van der Waals surface area (Å²) in [5.74, 6) is 0. The van der Waals surface area contributed by atoms with Gasteiger partial charge in [0.2, 0.25) is 0 Å². The minimum absolute atomic E-state index is 0.363. The van der Waals surface area contributed by atoms with Crippen LogP contribution in [-0.4, -0.2) is 6.54 Å². The fourth-order valence-corrected chi connectivity index (χ4v) is 0.712. The normalized spacial score (nSPS) is 12.0. The van der Waals surface area contributed by atoms with E-state index in [9.17, 15) is 0 Å². The molecule has 0 aromatic carbocycles. The Labute approximate surface area is 51.0 Å². The molecular weight excluding hydrogens is 106 g/mol. The maximum Gasteiger partial charge on any atom is 0.0105 e. The highest BCUT2D eigenvalue weighted by Gasteiger charge is 2.06. The highest BCUT2D eigenvalue weighted by Crippen LogP contribution is 2.09. The van der Waals surface area contributed by atoms with Crippen molar-refractivity contribution >= 4 is 12.8 Å². The first-order chi connectivity index (χ1) is 3.06. The molecule has 0 rings (SSSR count). The van der Waals surface area contributed by atoms with Crippen LogP contribution in [-0.2, 0) is 0 Å². The lowest BCUT2D eigenvalue weighted by Crippen LogP contribution is -2.19. The zero-order chi connectivity index (χ0) is 5.91. The summed E-state index contributed by atoms with van der Waals surface area (Å²) in [7, 11) is 0. The lowest BCUT2D eigenvalue weighted by atomic mass is 9.98. The molecule has 0 amide bonds. The van der Waals surface area contributed by atoms with Gasteiger partial charge in [-0.15, -0.1) is 0 Å². The van der Waals surface area contributed by atoms with Crippen LogP contribution in [0.15, 0.2) is 0 Å². The number of thiol groups is 1. The summed E-state index contributed by atoms with van der Waals surface area (Å²) < 4.78 is 2.80. The molecule has 0 fully saturated rings. The van der Waals surface area contributed by atoms with Crippen molar-refractivity contribution in [3.63, 3.8) is 0 Å². The second kappa shape index (κ2) is 2.58. The van der Waals surface area contributed by atoms with Crippen molar-refractivity contribution in [2.75, 3.05) is 6.54 Å². The van der Waals surface area contributed by atoms with Gasteiger partial charge in [-0.2, -0.15) is 0 Å². The summed E-state index contributed by atoms with van der Waals surface area (Å²) in [5, 5.41) is 0. The van der Waals surface area contributed by atoms with Crippen molar-refractivity contribution < 1.29 is 0 Å². The van der Waals surface area contributed by atoms with E-state index in [0.717, 1.165) is 6.54 Å². The van der Waals surface area contributed by atoms with Crippen LogP contribution in [0.2, 0.25) is 0 Å². The van der Waals surface area contributed by atoms with Crippen molar-refractivity contribution in [1.82, 2.24) is 4.72 Å². The Kier molecular flexibility index (Phi) is 2.69. The number of rotatable bonds is 1. The number of hydrogen-bond acceptors (Lipinski definition) is 2. The number of nitrogens with one attached hydrogen (secondary N) is 1. The van der Waals surface area contributed by atoms with Crippen LogP contribution in [0.3, 0.4) is 0 Å². The van der Waals surface area contributed by atoms with Crippen LogP contribution >= 0.6 is 12.8 Å². The van der Waals surface area contributed by atoms with Gasteiger partial charge >= 0.3 is 0 Å². The van der Waals surface area contributed by atoms with E-state index in [1.54, 1.807) is 0 Å². The lowest BCUT2D eigenvalue weighted by Gasteiger charge is -2.15. The van der Waals surface area contributed by atoms with Gasteiger partial charge in [-0.1, -0.05) is 33.6 Å². The van der Waals surface area contributed by atoms with E-state index < -0.39 is 0 Å². The second-order valence-electron chi connectivity index (χ2n) is 2.90. The van der Waals surface area contributed by atoms with Gasteiger partial charge in [0.15, 0.2) is 0 Å². The van der Waals surface area contributed by atoms with Crippen molar-refractivity contribution in [2.24, 2.45) is 5.41 Å². The Hall–Kier alpha value is 0.310. The first kappa shape index (κ1) is 7.31. The first-order valence-electron chi connectivity index (χ1n) is 2.43. The van der Waals surface area contributed by atoms with Crippen LogP contribution in [0.5, 0.6) is 0 Å². The molecule has 1 N–H and O–H groups in total. The average Bonchev–Trinajstić information content (AvgIpc) is 1.30. The van der Waals surface area contributed by atoms with Gasteiger partial charge in [0, 0.05) is 6.54 Å². The van der Waals surface area contributed by atoms with E-state index in [2.05, 4.69) is 38.3 Å². The molecule has 44 valence electrons. The molecule has 0 saturated heterocycles. The Morgan fingerprint density at radius 1 is 1.43 bits per heavy atom. The van der Waals surface area contributed by atoms with Gasteiger partial charge in [-0.05, 0) is 5.41 Å². The Balaban J connectivity index is 3.15.